The van der Waals surface area contributed by atoms with Crippen molar-refractivity contribution in [3.63, 3.8) is 0 Å². The molecule has 1 aromatic carbocycles. The molecular weight excluding hydrogens is 212 g/mol. The normalized spacial score (nSPS) is 27.4. The zero-order valence-electron chi connectivity index (χ0n) is 10.3. The number of β-amino-alcohol motifs (C(OH)–C–C–N with tert-alkyl or cyclic N) is 1. The summed E-state index contributed by atoms with van der Waals surface area (Å²) in [6.45, 7) is 5.41. The number of hydrogen-bond donors (Lipinski definition) is 2. The van der Waals surface area contributed by atoms with Crippen LogP contribution in [0.3, 0.4) is 0 Å². The quantitative estimate of drug-likeness (QED) is 0.812. The third-order valence-electron chi connectivity index (χ3n) is 4.06. The van der Waals surface area contributed by atoms with Crippen molar-refractivity contribution in [2.75, 3.05) is 31.6 Å². The maximum absolute atomic E-state index is 9.04. The molecule has 2 aliphatic heterocycles. The van der Waals surface area contributed by atoms with Crippen molar-refractivity contribution in [1.29, 1.82) is 0 Å². The number of anilines is 1. The molecule has 2 N–H and O–H groups in total. The van der Waals surface area contributed by atoms with Crippen molar-refractivity contribution in [3.8, 4) is 0 Å². The Labute approximate surface area is 102 Å². The molecule has 1 saturated heterocycles. The highest BCUT2D eigenvalue weighted by Gasteiger charge is 2.36. The maximum Gasteiger partial charge on any atom is 0.0558 e. The Morgan fingerprint density at radius 1 is 1.47 bits per heavy atom. The zero-order chi connectivity index (χ0) is 11.8. The number of piperidine rings is 1. The van der Waals surface area contributed by atoms with Crippen molar-refractivity contribution in [3.05, 3.63) is 29.3 Å². The molecular formula is C14H20N2O. The molecule has 1 fully saturated rings. The van der Waals surface area contributed by atoms with Crippen LogP contribution in [0.25, 0.3) is 0 Å². The molecule has 0 saturated carbocycles. The number of benzene rings is 1. The number of fused-ring (bicyclic) bond motifs is 3. The van der Waals surface area contributed by atoms with Gasteiger partial charge in [0.25, 0.3) is 0 Å². The fraction of sp³-hybridized carbons (Fsp3) is 0.571. The smallest absolute Gasteiger partial charge is 0.0558 e. The van der Waals surface area contributed by atoms with Gasteiger partial charge in [0, 0.05) is 37.3 Å². The molecule has 17 heavy (non-hydrogen) atoms. The third kappa shape index (κ3) is 1.94. The Hall–Kier alpha value is -1.06. The van der Waals surface area contributed by atoms with E-state index in [0.717, 1.165) is 19.6 Å². The lowest BCUT2D eigenvalue weighted by molar-refractivity contribution is 0.158. The van der Waals surface area contributed by atoms with E-state index in [4.69, 9.17) is 5.11 Å². The number of aliphatic hydroxyl groups excluding tert-OH is 1. The molecule has 1 aromatic rings. The Kier molecular flexibility index (Phi) is 2.81. The first kappa shape index (κ1) is 11.1. The van der Waals surface area contributed by atoms with Crippen LogP contribution in [0.4, 0.5) is 5.69 Å². The summed E-state index contributed by atoms with van der Waals surface area (Å²) in [5.41, 5.74) is 4.12. The Morgan fingerprint density at radius 3 is 3.18 bits per heavy atom. The third-order valence-corrected chi connectivity index (χ3v) is 4.06. The fourth-order valence-electron chi connectivity index (χ4n) is 3.17. The molecule has 0 radical (unpaired) electrons. The first-order chi connectivity index (χ1) is 8.28. The van der Waals surface area contributed by atoms with E-state index in [1.807, 2.05) is 0 Å². The summed E-state index contributed by atoms with van der Waals surface area (Å²) < 4.78 is 0. The van der Waals surface area contributed by atoms with Gasteiger partial charge in [-0.3, -0.25) is 0 Å². The summed E-state index contributed by atoms with van der Waals surface area (Å²) in [4.78, 5) is 2.38. The van der Waals surface area contributed by atoms with Crippen molar-refractivity contribution in [2.24, 2.45) is 0 Å². The molecule has 0 unspecified atom stereocenters. The summed E-state index contributed by atoms with van der Waals surface area (Å²) in [6, 6.07) is 7.30. The van der Waals surface area contributed by atoms with Gasteiger partial charge in [0.2, 0.25) is 0 Å². The number of hydrogen-bond acceptors (Lipinski definition) is 3. The summed E-state index contributed by atoms with van der Waals surface area (Å²) in [7, 11) is 0. The molecule has 0 spiro atoms. The van der Waals surface area contributed by atoms with Gasteiger partial charge in [-0.15, -0.1) is 0 Å². The van der Waals surface area contributed by atoms with Gasteiger partial charge in [-0.2, -0.15) is 0 Å². The van der Waals surface area contributed by atoms with Gasteiger partial charge in [-0.05, 0) is 25.0 Å². The van der Waals surface area contributed by atoms with E-state index in [0.29, 0.717) is 12.0 Å². The zero-order valence-corrected chi connectivity index (χ0v) is 10.3. The Bertz CT molecular complexity index is 419. The highest BCUT2D eigenvalue weighted by Crippen LogP contribution is 2.40. The second-order valence-corrected chi connectivity index (χ2v) is 5.26. The minimum Gasteiger partial charge on any atom is -0.395 e. The van der Waals surface area contributed by atoms with Crippen LogP contribution in [-0.4, -0.2) is 42.3 Å². The van der Waals surface area contributed by atoms with Crippen molar-refractivity contribution >= 4 is 5.69 Å². The largest absolute Gasteiger partial charge is 0.395 e. The number of nitrogens with zero attached hydrogens (tertiary/aromatic N) is 1. The molecule has 2 atom stereocenters. The average Bonchev–Trinajstić information content (AvgIpc) is 2.67. The van der Waals surface area contributed by atoms with E-state index in [1.165, 1.54) is 23.2 Å². The number of likely N-dealkylation sites (tertiary alicyclic amines) is 1. The minimum absolute atomic E-state index is 0.269. The van der Waals surface area contributed by atoms with E-state index in [9.17, 15) is 0 Å². The molecule has 3 nitrogen and oxygen atoms in total. The van der Waals surface area contributed by atoms with Crippen LogP contribution in [-0.2, 0) is 0 Å². The van der Waals surface area contributed by atoms with E-state index in [1.54, 1.807) is 0 Å². The molecule has 2 heterocycles. The van der Waals surface area contributed by atoms with E-state index in [2.05, 4.69) is 35.3 Å². The molecule has 0 aliphatic carbocycles. The predicted molar refractivity (Wildman–Crippen MR) is 69.5 cm³/mol. The monoisotopic (exact) mass is 232 g/mol. The van der Waals surface area contributed by atoms with Gasteiger partial charge in [0.15, 0.2) is 0 Å². The fourth-order valence-corrected chi connectivity index (χ4v) is 3.17. The predicted octanol–water partition coefficient (Wildman–Crippen LogP) is 1.57. The first-order valence-electron chi connectivity index (χ1n) is 6.48. The summed E-state index contributed by atoms with van der Waals surface area (Å²) in [5.74, 6) is 0.602. The standard InChI is InChI=1S/C14H20N2O/c1-10-2-3-13-11(8-10)12-9-16(6-7-17)5-4-14(12)15-13/h2-3,8,12,14-15,17H,4-7,9H2,1H3/t12-,14-/m1/s1. The lowest BCUT2D eigenvalue weighted by atomic mass is 9.89. The lowest BCUT2D eigenvalue weighted by Crippen LogP contribution is -2.43. The van der Waals surface area contributed by atoms with Gasteiger partial charge >= 0.3 is 0 Å². The highest BCUT2D eigenvalue weighted by molar-refractivity contribution is 5.60. The van der Waals surface area contributed by atoms with Crippen molar-refractivity contribution in [2.45, 2.75) is 25.3 Å². The Morgan fingerprint density at radius 2 is 2.35 bits per heavy atom. The van der Waals surface area contributed by atoms with Gasteiger partial charge in [-0.1, -0.05) is 17.7 Å². The average molecular weight is 232 g/mol. The number of rotatable bonds is 2. The van der Waals surface area contributed by atoms with Gasteiger partial charge in [-0.25, -0.2) is 0 Å². The SMILES string of the molecule is Cc1ccc2c(c1)[C@H]1CN(CCO)CC[C@H]1N2. The molecule has 92 valence electrons. The number of aryl methyl sites for hydroxylation is 1. The molecule has 2 aliphatic rings. The van der Waals surface area contributed by atoms with Gasteiger partial charge in [0.05, 0.1) is 6.61 Å². The van der Waals surface area contributed by atoms with Crippen LogP contribution in [0.1, 0.15) is 23.5 Å². The molecule has 0 aromatic heterocycles. The van der Waals surface area contributed by atoms with Crippen LogP contribution in [0.15, 0.2) is 18.2 Å². The molecule has 3 rings (SSSR count). The van der Waals surface area contributed by atoms with Crippen molar-refractivity contribution < 1.29 is 5.11 Å². The second-order valence-electron chi connectivity index (χ2n) is 5.26. The summed E-state index contributed by atoms with van der Waals surface area (Å²) in [6.07, 6.45) is 1.18. The second kappa shape index (κ2) is 4.31. The minimum atomic E-state index is 0.269. The van der Waals surface area contributed by atoms with Gasteiger partial charge < -0.3 is 15.3 Å². The topological polar surface area (TPSA) is 35.5 Å². The Balaban J connectivity index is 1.84. The van der Waals surface area contributed by atoms with Crippen LogP contribution >= 0.6 is 0 Å². The maximum atomic E-state index is 9.04. The summed E-state index contributed by atoms with van der Waals surface area (Å²) in [5, 5.41) is 12.7. The summed E-state index contributed by atoms with van der Waals surface area (Å²) >= 11 is 0. The lowest BCUT2D eigenvalue weighted by Gasteiger charge is -2.34. The van der Waals surface area contributed by atoms with E-state index >= 15 is 0 Å². The van der Waals surface area contributed by atoms with E-state index < -0.39 is 0 Å². The number of nitrogens with one attached hydrogen (secondary N) is 1. The van der Waals surface area contributed by atoms with E-state index in [-0.39, 0.29) is 6.61 Å². The van der Waals surface area contributed by atoms with Crippen LogP contribution in [0, 0.1) is 6.92 Å². The van der Waals surface area contributed by atoms with Crippen LogP contribution < -0.4 is 5.32 Å². The van der Waals surface area contributed by atoms with Crippen molar-refractivity contribution in [1.82, 2.24) is 4.90 Å². The van der Waals surface area contributed by atoms with Crippen LogP contribution in [0.5, 0.6) is 0 Å². The van der Waals surface area contributed by atoms with Gasteiger partial charge in [0.1, 0.15) is 0 Å². The molecule has 0 bridgehead atoms. The molecule has 0 amide bonds. The number of aliphatic hydroxyl groups is 1. The highest BCUT2D eigenvalue weighted by atomic mass is 16.3. The van der Waals surface area contributed by atoms with Crippen LogP contribution in [0.2, 0.25) is 0 Å². The molecule has 3 heteroatoms. The first-order valence-corrected chi connectivity index (χ1v) is 6.48.